The van der Waals surface area contributed by atoms with Gasteiger partial charge in [-0.2, -0.15) is 13.2 Å². The molecule has 10 heteroatoms. The Morgan fingerprint density at radius 1 is 1.25 bits per heavy atom. The van der Waals surface area contributed by atoms with Gasteiger partial charge in [-0.05, 0) is 31.2 Å². The van der Waals surface area contributed by atoms with Crippen molar-refractivity contribution in [3.63, 3.8) is 0 Å². The largest absolute Gasteiger partial charge is 0.405 e. The number of benzene rings is 1. The Balaban J connectivity index is 0.00000392. The van der Waals surface area contributed by atoms with Crippen molar-refractivity contribution in [2.75, 3.05) is 18.5 Å². The molecule has 0 aliphatic heterocycles. The molecule has 2 amide bonds. The molecule has 1 fully saturated rings. The number of hydrogen-bond acceptors (Lipinski definition) is 4. The normalized spacial score (nSPS) is 23.2. The topological polar surface area (TPSA) is 93.4 Å². The van der Waals surface area contributed by atoms with Crippen LogP contribution in [0.4, 0.5) is 18.9 Å². The van der Waals surface area contributed by atoms with E-state index in [1.165, 1.54) is 24.3 Å². The lowest BCUT2D eigenvalue weighted by Crippen LogP contribution is -2.74. The van der Waals surface area contributed by atoms with E-state index in [0.29, 0.717) is 18.7 Å². The zero-order valence-corrected chi connectivity index (χ0v) is 16.7. The molecule has 1 saturated carbocycles. The number of anilines is 1. The van der Waals surface area contributed by atoms with Crippen LogP contribution in [0.3, 0.4) is 0 Å². The minimum absolute atomic E-state index is 0. The van der Waals surface area contributed by atoms with Gasteiger partial charge in [0, 0.05) is 29.7 Å². The number of carbonyl (C=O) groups excluding carboxylic acids is 2. The maximum Gasteiger partial charge on any atom is 0.405 e. The van der Waals surface area contributed by atoms with Crippen LogP contribution in [0, 0.1) is 5.41 Å². The van der Waals surface area contributed by atoms with E-state index in [1.54, 1.807) is 5.32 Å². The second-order valence-corrected chi connectivity index (χ2v) is 7.17. The molecule has 0 bridgehead atoms. The van der Waals surface area contributed by atoms with Crippen molar-refractivity contribution in [3.8, 4) is 0 Å². The van der Waals surface area contributed by atoms with E-state index in [2.05, 4.69) is 5.32 Å². The number of carbonyl (C=O) groups is 2. The highest BCUT2D eigenvalue weighted by molar-refractivity contribution is 6.00. The van der Waals surface area contributed by atoms with Gasteiger partial charge in [-0.15, -0.1) is 12.4 Å². The lowest BCUT2D eigenvalue weighted by Gasteiger charge is -2.57. The first-order chi connectivity index (χ1) is 12.4. The summed E-state index contributed by atoms with van der Waals surface area (Å²) in [5.41, 5.74) is 5.09. The number of nitrogens with two attached hydrogens (primary N) is 1. The Morgan fingerprint density at radius 3 is 2.29 bits per heavy atom. The number of halogens is 4. The first-order valence-corrected chi connectivity index (χ1v) is 8.57. The molecule has 1 aliphatic carbocycles. The number of alkyl halides is 3. The molecule has 158 valence electrons. The number of ether oxygens (including phenoxy) is 1. The minimum Gasteiger partial charge on any atom is -0.378 e. The summed E-state index contributed by atoms with van der Waals surface area (Å²) in [6.45, 7) is 4.73. The number of hydrogen-bond donors (Lipinski definition) is 3. The van der Waals surface area contributed by atoms with Crippen molar-refractivity contribution in [2.24, 2.45) is 11.1 Å². The Morgan fingerprint density at radius 2 is 1.82 bits per heavy atom. The third-order valence-electron chi connectivity index (χ3n) is 5.09. The van der Waals surface area contributed by atoms with Gasteiger partial charge >= 0.3 is 6.18 Å². The van der Waals surface area contributed by atoms with E-state index >= 15 is 0 Å². The Hall–Kier alpha value is -1.84. The smallest absolute Gasteiger partial charge is 0.378 e. The molecule has 0 saturated heterocycles. The van der Waals surface area contributed by atoms with E-state index in [4.69, 9.17) is 10.5 Å². The third kappa shape index (κ3) is 4.95. The summed E-state index contributed by atoms with van der Waals surface area (Å²) in [6.07, 6.45) is -4.20. The third-order valence-corrected chi connectivity index (χ3v) is 5.09. The molecule has 6 nitrogen and oxygen atoms in total. The summed E-state index contributed by atoms with van der Waals surface area (Å²) in [5.74, 6) is -1.22. The van der Waals surface area contributed by atoms with E-state index in [-0.39, 0.29) is 30.0 Å². The summed E-state index contributed by atoms with van der Waals surface area (Å²) >= 11 is 0. The maximum atomic E-state index is 12.6. The molecule has 0 radical (unpaired) electrons. The van der Waals surface area contributed by atoms with Crippen molar-refractivity contribution >= 4 is 29.9 Å². The molecular weight excluding hydrogens is 399 g/mol. The Kier molecular flexibility index (Phi) is 7.49. The molecule has 1 aliphatic rings. The molecule has 1 aromatic rings. The van der Waals surface area contributed by atoms with Crippen LogP contribution in [0.15, 0.2) is 24.3 Å². The molecule has 2 unspecified atom stereocenters. The fourth-order valence-electron chi connectivity index (χ4n) is 3.05. The van der Waals surface area contributed by atoms with Crippen LogP contribution in [0.25, 0.3) is 0 Å². The average Bonchev–Trinajstić information content (AvgIpc) is 2.59. The molecule has 0 heterocycles. The summed E-state index contributed by atoms with van der Waals surface area (Å²) in [4.78, 5) is 24.3. The molecule has 2 atom stereocenters. The highest BCUT2D eigenvalue weighted by atomic mass is 35.5. The molecular formula is C18H25ClF3N3O3. The van der Waals surface area contributed by atoms with Crippen molar-refractivity contribution in [3.05, 3.63) is 29.8 Å². The van der Waals surface area contributed by atoms with Gasteiger partial charge in [-0.3, -0.25) is 9.59 Å². The molecule has 1 aromatic carbocycles. The van der Waals surface area contributed by atoms with Gasteiger partial charge in [0.25, 0.3) is 5.91 Å². The van der Waals surface area contributed by atoms with Gasteiger partial charge in [0.05, 0.1) is 6.10 Å². The summed E-state index contributed by atoms with van der Waals surface area (Å²) in [5, 5.41) is 4.48. The van der Waals surface area contributed by atoms with Crippen LogP contribution in [-0.4, -0.2) is 42.8 Å². The van der Waals surface area contributed by atoms with E-state index in [1.807, 2.05) is 20.8 Å². The first-order valence-electron chi connectivity index (χ1n) is 8.57. The maximum absolute atomic E-state index is 12.6. The second kappa shape index (κ2) is 8.67. The van der Waals surface area contributed by atoms with Crippen molar-refractivity contribution in [1.29, 1.82) is 0 Å². The number of amides is 2. The number of nitrogens with one attached hydrogen (secondary N) is 2. The van der Waals surface area contributed by atoms with E-state index in [9.17, 15) is 22.8 Å². The summed E-state index contributed by atoms with van der Waals surface area (Å²) in [6, 6.07) is 5.55. The van der Waals surface area contributed by atoms with E-state index < -0.39 is 29.6 Å². The van der Waals surface area contributed by atoms with Crippen LogP contribution >= 0.6 is 12.4 Å². The van der Waals surface area contributed by atoms with Gasteiger partial charge in [0.2, 0.25) is 5.91 Å². The lowest BCUT2D eigenvalue weighted by atomic mass is 9.54. The zero-order valence-electron chi connectivity index (χ0n) is 15.9. The fourth-order valence-corrected chi connectivity index (χ4v) is 3.05. The fraction of sp³-hybridized carbons (Fsp3) is 0.556. The highest BCUT2D eigenvalue weighted by Crippen LogP contribution is 2.50. The molecule has 28 heavy (non-hydrogen) atoms. The van der Waals surface area contributed by atoms with Crippen molar-refractivity contribution in [2.45, 2.75) is 45.0 Å². The van der Waals surface area contributed by atoms with Crippen molar-refractivity contribution in [1.82, 2.24) is 5.32 Å². The lowest BCUT2D eigenvalue weighted by molar-refractivity contribution is -0.166. The van der Waals surface area contributed by atoms with Crippen molar-refractivity contribution < 1.29 is 27.5 Å². The molecule has 0 spiro atoms. The van der Waals surface area contributed by atoms with Crippen LogP contribution in [0.2, 0.25) is 0 Å². The van der Waals surface area contributed by atoms with Crippen LogP contribution in [0.5, 0.6) is 0 Å². The molecule has 0 aromatic heterocycles. The highest BCUT2D eigenvalue weighted by Gasteiger charge is 2.62. The van der Waals surface area contributed by atoms with Crippen LogP contribution in [-0.2, 0) is 9.53 Å². The van der Waals surface area contributed by atoms with E-state index in [0.717, 1.165) is 0 Å². The van der Waals surface area contributed by atoms with Crippen LogP contribution in [0.1, 0.15) is 37.6 Å². The van der Waals surface area contributed by atoms with Gasteiger partial charge in [-0.1, -0.05) is 13.8 Å². The van der Waals surface area contributed by atoms with Gasteiger partial charge in [0.1, 0.15) is 12.1 Å². The predicted octanol–water partition coefficient (Wildman–Crippen LogP) is 2.87. The van der Waals surface area contributed by atoms with Crippen LogP contribution < -0.4 is 16.4 Å². The Labute approximate surface area is 167 Å². The monoisotopic (exact) mass is 423 g/mol. The summed E-state index contributed by atoms with van der Waals surface area (Å²) in [7, 11) is 0. The predicted molar refractivity (Wildman–Crippen MR) is 101 cm³/mol. The molecule has 2 rings (SSSR count). The minimum atomic E-state index is -4.48. The Bertz CT molecular complexity index is 710. The zero-order chi connectivity index (χ0) is 20.5. The summed E-state index contributed by atoms with van der Waals surface area (Å²) < 4.78 is 42.0. The van der Waals surface area contributed by atoms with Gasteiger partial charge < -0.3 is 21.1 Å². The van der Waals surface area contributed by atoms with Gasteiger partial charge in [-0.25, -0.2) is 0 Å². The first kappa shape index (κ1) is 24.2. The second-order valence-electron chi connectivity index (χ2n) is 7.17. The van der Waals surface area contributed by atoms with Gasteiger partial charge in [0.15, 0.2) is 0 Å². The SMILES string of the molecule is CCOC1CC(N)(C(=O)Nc2ccc(C(=O)NCC(F)(F)F)cc2)C1(C)C.Cl. The average molecular weight is 424 g/mol. The standard InChI is InChI=1S/C18H24F3N3O3.ClH/c1-4-27-13-9-17(22,16(13,2)3)15(26)24-12-7-5-11(6-8-12)14(25)23-10-18(19,20)21;/h5-8,13H,4,9-10,22H2,1-3H3,(H,23,25)(H,24,26);1H. The quantitative estimate of drug-likeness (QED) is 0.655. The number of rotatable bonds is 6. The molecule has 4 N–H and O–H groups in total.